The van der Waals surface area contributed by atoms with E-state index in [0.29, 0.717) is 17.0 Å². The van der Waals surface area contributed by atoms with Gasteiger partial charge in [0.05, 0.1) is 18.5 Å². The fraction of sp³-hybridized carbons (Fsp3) is 0.188. The predicted octanol–water partition coefficient (Wildman–Crippen LogP) is 3.55. The summed E-state index contributed by atoms with van der Waals surface area (Å²) in [4.78, 5) is 0. The molecule has 0 saturated carbocycles. The molecule has 0 aliphatic rings. The van der Waals surface area contributed by atoms with Crippen molar-refractivity contribution in [3.63, 3.8) is 0 Å². The predicted molar refractivity (Wildman–Crippen MR) is 81.7 cm³/mol. The minimum Gasteiger partial charge on any atom is -0.507 e. The average molecular weight is 270 g/mol. The van der Waals surface area contributed by atoms with Gasteiger partial charge in [0.15, 0.2) is 0 Å². The van der Waals surface area contributed by atoms with Gasteiger partial charge in [-0.15, -0.1) is 0 Å². The molecular formula is C16H18N2O2. The zero-order chi connectivity index (χ0) is 14.5. The van der Waals surface area contributed by atoms with Crippen molar-refractivity contribution in [2.75, 3.05) is 12.5 Å². The van der Waals surface area contributed by atoms with Crippen molar-refractivity contribution >= 4 is 11.4 Å². The van der Waals surface area contributed by atoms with Crippen LogP contribution < -0.4 is 10.2 Å². The van der Waals surface area contributed by atoms with Crippen LogP contribution in [0.1, 0.15) is 18.1 Å². The molecule has 0 bridgehead atoms. The molecule has 2 aromatic carbocycles. The molecule has 104 valence electrons. The lowest BCUT2D eigenvalue weighted by Crippen LogP contribution is -2.01. The van der Waals surface area contributed by atoms with Gasteiger partial charge in [0.25, 0.3) is 0 Å². The van der Waals surface area contributed by atoms with Crippen LogP contribution in [0.25, 0.3) is 0 Å². The summed E-state index contributed by atoms with van der Waals surface area (Å²) in [5.41, 5.74) is 6.45. The van der Waals surface area contributed by atoms with E-state index in [4.69, 9.17) is 4.74 Å². The van der Waals surface area contributed by atoms with Gasteiger partial charge in [-0.3, -0.25) is 5.43 Å². The third kappa shape index (κ3) is 3.09. The highest BCUT2D eigenvalue weighted by Crippen LogP contribution is 2.24. The van der Waals surface area contributed by atoms with Crippen LogP contribution in [0, 0.1) is 6.92 Å². The van der Waals surface area contributed by atoms with E-state index in [-0.39, 0.29) is 5.75 Å². The normalized spacial score (nSPS) is 11.2. The first-order chi connectivity index (χ1) is 9.61. The number of aryl methyl sites for hydroxylation is 1. The lowest BCUT2D eigenvalue weighted by molar-refractivity contribution is 0.407. The molecule has 2 aromatic rings. The summed E-state index contributed by atoms with van der Waals surface area (Å²) in [6.07, 6.45) is 0. The molecule has 0 saturated heterocycles. The quantitative estimate of drug-likeness (QED) is 0.660. The summed E-state index contributed by atoms with van der Waals surface area (Å²) in [6, 6.07) is 13.0. The maximum atomic E-state index is 9.96. The molecular weight excluding hydrogens is 252 g/mol. The molecule has 0 aliphatic heterocycles. The monoisotopic (exact) mass is 270 g/mol. The van der Waals surface area contributed by atoms with E-state index >= 15 is 0 Å². The largest absolute Gasteiger partial charge is 0.507 e. The van der Waals surface area contributed by atoms with Crippen LogP contribution in [0.15, 0.2) is 47.6 Å². The molecule has 0 unspecified atom stereocenters. The second kappa shape index (κ2) is 6.10. The van der Waals surface area contributed by atoms with Crippen molar-refractivity contribution in [3.8, 4) is 11.5 Å². The maximum absolute atomic E-state index is 9.96. The van der Waals surface area contributed by atoms with Gasteiger partial charge in [0.1, 0.15) is 11.5 Å². The highest BCUT2D eigenvalue weighted by Gasteiger charge is 2.06. The van der Waals surface area contributed by atoms with Crippen molar-refractivity contribution in [2.24, 2.45) is 5.10 Å². The number of ether oxygens (including phenoxy) is 1. The zero-order valence-corrected chi connectivity index (χ0v) is 11.8. The average Bonchev–Trinajstić information content (AvgIpc) is 2.46. The van der Waals surface area contributed by atoms with Crippen molar-refractivity contribution < 1.29 is 9.84 Å². The van der Waals surface area contributed by atoms with Gasteiger partial charge < -0.3 is 9.84 Å². The van der Waals surface area contributed by atoms with Crippen LogP contribution in [0.2, 0.25) is 0 Å². The smallest absolute Gasteiger partial charge is 0.128 e. The molecule has 0 fully saturated rings. The van der Waals surface area contributed by atoms with E-state index in [1.807, 2.05) is 38.1 Å². The second-order valence-electron chi connectivity index (χ2n) is 4.51. The summed E-state index contributed by atoms with van der Waals surface area (Å²) in [5.74, 6) is 0.767. The standard InChI is InChI=1S/C16H18N2O2/c1-11-6-4-5-7-15(11)18-17-12(2)14-9-8-13(20-3)10-16(14)19/h4-10,18-19H,1-3H3. The second-order valence-corrected chi connectivity index (χ2v) is 4.51. The van der Waals surface area contributed by atoms with Gasteiger partial charge in [-0.1, -0.05) is 18.2 Å². The number of nitrogens with one attached hydrogen (secondary N) is 1. The lowest BCUT2D eigenvalue weighted by atomic mass is 10.1. The van der Waals surface area contributed by atoms with Gasteiger partial charge in [0.2, 0.25) is 0 Å². The fourth-order valence-corrected chi connectivity index (χ4v) is 1.85. The summed E-state index contributed by atoms with van der Waals surface area (Å²) >= 11 is 0. The molecule has 0 radical (unpaired) electrons. The van der Waals surface area contributed by atoms with Crippen LogP contribution >= 0.6 is 0 Å². The minimum atomic E-state index is 0.150. The number of para-hydroxylation sites is 1. The number of nitrogens with zero attached hydrogens (tertiary/aromatic N) is 1. The Hall–Kier alpha value is -2.49. The molecule has 2 rings (SSSR count). The molecule has 0 aliphatic carbocycles. The third-order valence-corrected chi connectivity index (χ3v) is 3.08. The van der Waals surface area contributed by atoms with Crippen LogP contribution in [0.3, 0.4) is 0 Å². The van der Waals surface area contributed by atoms with E-state index in [1.54, 1.807) is 25.3 Å². The topological polar surface area (TPSA) is 53.8 Å². The Kier molecular flexibility index (Phi) is 4.25. The molecule has 4 heteroatoms. The van der Waals surface area contributed by atoms with Crippen LogP contribution in [0.5, 0.6) is 11.5 Å². The first kappa shape index (κ1) is 13.9. The molecule has 20 heavy (non-hydrogen) atoms. The zero-order valence-electron chi connectivity index (χ0n) is 11.8. The first-order valence-corrected chi connectivity index (χ1v) is 6.35. The third-order valence-electron chi connectivity index (χ3n) is 3.08. The maximum Gasteiger partial charge on any atom is 0.128 e. The number of benzene rings is 2. The van der Waals surface area contributed by atoms with Gasteiger partial charge >= 0.3 is 0 Å². The Balaban J connectivity index is 2.21. The lowest BCUT2D eigenvalue weighted by Gasteiger charge is -2.08. The van der Waals surface area contributed by atoms with Gasteiger partial charge in [-0.2, -0.15) is 5.10 Å². The van der Waals surface area contributed by atoms with Crippen molar-refractivity contribution in [2.45, 2.75) is 13.8 Å². The summed E-state index contributed by atoms with van der Waals surface area (Å²) in [7, 11) is 1.56. The van der Waals surface area contributed by atoms with E-state index in [0.717, 1.165) is 11.3 Å². The number of anilines is 1. The van der Waals surface area contributed by atoms with E-state index in [2.05, 4.69) is 10.5 Å². The minimum absolute atomic E-state index is 0.150. The molecule has 0 heterocycles. The Morgan fingerprint density at radius 3 is 2.60 bits per heavy atom. The summed E-state index contributed by atoms with van der Waals surface area (Å²) in [5, 5.41) is 14.3. The molecule has 0 aromatic heterocycles. The number of hydrogen-bond acceptors (Lipinski definition) is 4. The molecule has 0 amide bonds. The van der Waals surface area contributed by atoms with Crippen molar-refractivity contribution in [1.82, 2.24) is 0 Å². The van der Waals surface area contributed by atoms with Crippen LogP contribution in [0.4, 0.5) is 5.69 Å². The van der Waals surface area contributed by atoms with E-state index in [1.165, 1.54) is 0 Å². The van der Waals surface area contributed by atoms with Crippen LogP contribution in [-0.4, -0.2) is 17.9 Å². The summed E-state index contributed by atoms with van der Waals surface area (Å²) < 4.78 is 5.06. The highest BCUT2D eigenvalue weighted by atomic mass is 16.5. The van der Waals surface area contributed by atoms with Crippen molar-refractivity contribution in [3.05, 3.63) is 53.6 Å². The molecule has 0 atom stereocenters. The fourth-order valence-electron chi connectivity index (χ4n) is 1.85. The SMILES string of the molecule is COc1ccc(C(C)=NNc2ccccc2C)c(O)c1. The Labute approximate surface area is 118 Å². The number of rotatable bonds is 4. The van der Waals surface area contributed by atoms with Gasteiger partial charge in [0, 0.05) is 11.6 Å². The van der Waals surface area contributed by atoms with Crippen LogP contribution in [-0.2, 0) is 0 Å². The molecule has 4 nitrogen and oxygen atoms in total. The molecule has 2 N–H and O–H groups in total. The van der Waals surface area contributed by atoms with Gasteiger partial charge in [-0.05, 0) is 37.6 Å². The Morgan fingerprint density at radius 2 is 1.95 bits per heavy atom. The van der Waals surface area contributed by atoms with E-state index < -0.39 is 0 Å². The number of phenolic OH excluding ortho intramolecular Hbond substituents is 1. The number of hydrazone groups is 1. The summed E-state index contributed by atoms with van der Waals surface area (Å²) in [6.45, 7) is 3.85. The number of aromatic hydroxyl groups is 1. The molecule has 0 spiro atoms. The highest BCUT2D eigenvalue weighted by molar-refractivity contribution is 6.01. The van der Waals surface area contributed by atoms with E-state index in [9.17, 15) is 5.11 Å². The number of methoxy groups -OCH3 is 1. The Bertz CT molecular complexity index is 636. The van der Waals surface area contributed by atoms with Gasteiger partial charge in [-0.25, -0.2) is 0 Å². The number of hydrogen-bond donors (Lipinski definition) is 2. The van der Waals surface area contributed by atoms with Crippen molar-refractivity contribution in [1.29, 1.82) is 0 Å². The Morgan fingerprint density at radius 1 is 1.20 bits per heavy atom. The number of phenols is 1. The first-order valence-electron chi connectivity index (χ1n) is 6.35.